The highest BCUT2D eigenvalue weighted by atomic mass is 35.5. The van der Waals surface area contributed by atoms with Crippen LogP contribution in [0.1, 0.15) is 38.0 Å². The third-order valence-corrected chi connectivity index (χ3v) is 3.67. The lowest BCUT2D eigenvalue weighted by Gasteiger charge is -2.25. The minimum atomic E-state index is -0.271. The summed E-state index contributed by atoms with van der Waals surface area (Å²) in [5.41, 5.74) is 1.53. The van der Waals surface area contributed by atoms with Crippen molar-refractivity contribution in [1.29, 1.82) is 0 Å². The van der Waals surface area contributed by atoms with Crippen LogP contribution >= 0.6 is 11.6 Å². The van der Waals surface area contributed by atoms with Crippen molar-refractivity contribution in [3.05, 3.63) is 29.8 Å². The zero-order valence-corrected chi connectivity index (χ0v) is 13.0. The van der Waals surface area contributed by atoms with E-state index in [9.17, 15) is 4.39 Å². The number of hydrogen-bond acceptors (Lipinski definition) is 2. The molecule has 0 saturated heterocycles. The summed E-state index contributed by atoms with van der Waals surface area (Å²) in [5.74, 6) is 0.806. The van der Waals surface area contributed by atoms with E-state index in [1.54, 1.807) is 13.2 Å². The summed E-state index contributed by atoms with van der Waals surface area (Å²) in [4.78, 5) is 4.55. The smallest absolute Gasteiger partial charge is 0.128 e. The van der Waals surface area contributed by atoms with Gasteiger partial charge < -0.3 is 9.30 Å². The molecule has 3 nitrogen and oxygen atoms in total. The Hall–Kier alpha value is -1.13. The number of nitrogens with zero attached hydrogens (tertiary/aromatic N) is 2. The first-order valence-corrected chi connectivity index (χ1v) is 7.19. The van der Waals surface area contributed by atoms with E-state index in [1.807, 2.05) is 11.5 Å². The zero-order valence-electron chi connectivity index (χ0n) is 12.2. The molecule has 2 rings (SSSR count). The molecule has 2 atom stereocenters. The van der Waals surface area contributed by atoms with E-state index in [2.05, 4.69) is 18.8 Å². The third-order valence-electron chi connectivity index (χ3n) is 3.47. The molecular weight excluding hydrogens is 279 g/mol. The normalized spacial score (nSPS) is 14.9. The number of aromatic nitrogens is 2. The molecule has 0 spiro atoms. The van der Waals surface area contributed by atoms with Crippen LogP contribution in [0.5, 0.6) is 0 Å². The molecule has 1 heterocycles. The molecule has 20 heavy (non-hydrogen) atoms. The Bertz CT molecular complexity index is 595. The van der Waals surface area contributed by atoms with Gasteiger partial charge in [-0.15, -0.1) is 11.6 Å². The molecule has 0 bridgehead atoms. The Kier molecular flexibility index (Phi) is 4.66. The van der Waals surface area contributed by atoms with Gasteiger partial charge in [0.2, 0.25) is 0 Å². The topological polar surface area (TPSA) is 27.1 Å². The van der Waals surface area contributed by atoms with Crippen LogP contribution in [-0.2, 0) is 4.74 Å². The summed E-state index contributed by atoms with van der Waals surface area (Å²) in [6.07, 6.45) is 0. The van der Waals surface area contributed by atoms with E-state index < -0.39 is 0 Å². The number of halogens is 2. The van der Waals surface area contributed by atoms with Gasteiger partial charge in [0.05, 0.1) is 29.1 Å². The van der Waals surface area contributed by atoms with Gasteiger partial charge in [-0.25, -0.2) is 9.37 Å². The van der Waals surface area contributed by atoms with Crippen molar-refractivity contribution in [2.24, 2.45) is 5.92 Å². The van der Waals surface area contributed by atoms with E-state index in [0.717, 1.165) is 16.9 Å². The number of imidazole rings is 1. The Morgan fingerprint density at radius 2 is 2.05 bits per heavy atom. The summed E-state index contributed by atoms with van der Waals surface area (Å²) in [7, 11) is 1.67. The van der Waals surface area contributed by atoms with E-state index in [1.165, 1.54) is 12.1 Å². The predicted molar refractivity (Wildman–Crippen MR) is 79.7 cm³/mol. The average molecular weight is 299 g/mol. The van der Waals surface area contributed by atoms with Crippen LogP contribution in [-0.4, -0.2) is 23.3 Å². The van der Waals surface area contributed by atoms with Crippen molar-refractivity contribution in [2.45, 2.75) is 32.2 Å². The van der Waals surface area contributed by atoms with Crippen molar-refractivity contribution in [1.82, 2.24) is 9.55 Å². The summed E-state index contributed by atoms with van der Waals surface area (Å²) < 4.78 is 20.9. The molecule has 0 aliphatic rings. The van der Waals surface area contributed by atoms with E-state index in [0.29, 0.717) is 12.5 Å². The highest BCUT2D eigenvalue weighted by molar-refractivity contribution is 6.20. The summed E-state index contributed by atoms with van der Waals surface area (Å²) in [6.45, 7) is 6.63. The number of alkyl halides is 1. The molecule has 110 valence electrons. The fourth-order valence-electron chi connectivity index (χ4n) is 2.45. The molecule has 0 amide bonds. The second kappa shape index (κ2) is 6.10. The number of fused-ring (bicyclic) bond motifs is 1. The third kappa shape index (κ3) is 2.81. The van der Waals surface area contributed by atoms with Crippen molar-refractivity contribution in [3.63, 3.8) is 0 Å². The Labute approximate surface area is 123 Å². The Morgan fingerprint density at radius 1 is 1.35 bits per heavy atom. The second-order valence-corrected chi connectivity index (χ2v) is 6.01. The van der Waals surface area contributed by atoms with Crippen LogP contribution in [0.4, 0.5) is 4.39 Å². The van der Waals surface area contributed by atoms with Crippen molar-refractivity contribution in [2.75, 3.05) is 13.7 Å². The van der Waals surface area contributed by atoms with Gasteiger partial charge in [-0.2, -0.15) is 0 Å². The number of hydrogen-bond donors (Lipinski definition) is 0. The molecule has 0 fully saturated rings. The highest BCUT2D eigenvalue weighted by Crippen LogP contribution is 2.31. The molecule has 0 aliphatic carbocycles. The van der Waals surface area contributed by atoms with Crippen molar-refractivity contribution < 1.29 is 9.13 Å². The van der Waals surface area contributed by atoms with E-state index >= 15 is 0 Å². The second-order valence-electron chi connectivity index (χ2n) is 5.36. The summed E-state index contributed by atoms with van der Waals surface area (Å²) in [5, 5.41) is -0.247. The van der Waals surface area contributed by atoms with E-state index in [-0.39, 0.29) is 17.2 Å². The van der Waals surface area contributed by atoms with Crippen LogP contribution < -0.4 is 0 Å². The Balaban J connectivity index is 2.68. The van der Waals surface area contributed by atoms with Gasteiger partial charge >= 0.3 is 0 Å². The van der Waals surface area contributed by atoms with Gasteiger partial charge in [-0.05, 0) is 31.0 Å². The molecule has 5 heteroatoms. The van der Waals surface area contributed by atoms with Crippen molar-refractivity contribution in [3.8, 4) is 0 Å². The van der Waals surface area contributed by atoms with Gasteiger partial charge in [-0.1, -0.05) is 13.8 Å². The summed E-state index contributed by atoms with van der Waals surface area (Å²) >= 11 is 6.25. The SMILES string of the molecule is COCC(C(C)C)n1c(C(C)Cl)nc2ccc(F)cc21. The van der Waals surface area contributed by atoms with Gasteiger partial charge in [0.15, 0.2) is 0 Å². The maximum absolute atomic E-state index is 13.6. The maximum Gasteiger partial charge on any atom is 0.128 e. The van der Waals surface area contributed by atoms with Gasteiger partial charge in [-0.3, -0.25) is 0 Å². The standard InChI is InChI=1S/C15H20ClFN2O/c1-9(2)14(8-20-4)19-13-7-11(17)5-6-12(13)18-15(19)10(3)16/h5-7,9-10,14H,8H2,1-4H3. The van der Waals surface area contributed by atoms with Crippen LogP contribution in [0.3, 0.4) is 0 Å². The lowest BCUT2D eigenvalue weighted by atomic mass is 10.0. The van der Waals surface area contributed by atoms with Gasteiger partial charge in [0.25, 0.3) is 0 Å². The lowest BCUT2D eigenvalue weighted by molar-refractivity contribution is 0.133. The first kappa shape index (κ1) is 15.3. The fourth-order valence-corrected chi connectivity index (χ4v) is 2.60. The van der Waals surface area contributed by atoms with Gasteiger partial charge in [0, 0.05) is 7.11 Å². The van der Waals surface area contributed by atoms with Crippen LogP contribution in [0.2, 0.25) is 0 Å². The van der Waals surface area contributed by atoms with Crippen molar-refractivity contribution >= 4 is 22.6 Å². The van der Waals surface area contributed by atoms with Crippen LogP contribution in [0.25, 0.3) is 11.0 Å². The molecule has 2 unspecified atom stereocenters. The molecule has 1 aromatic heterocycles. The quantitative estimate of drug-likeness (QED) is 0.769. The van der Waals surface area contributed by atoms with E-state index in [4.69, 9.17) is 16.3 Å². The maximum atomic E-state index is 13.6. The molecule has 0 N–H and O–H groups in total. The minimum Gasteiger partial charge on any atom is -0.383 e. The lowest BCUT2D eigenvalue weighted by Crippen LogP contribution is -2.22. The minimum absolute atomic E-state index is 0.0722. The number of rotatable bonds is 5. The molecule has 0 aliphatic heterocycles. The predicted octanol–water partition coefficient (Wildman–Crippen LogP) is 4.32. The summed E-state index contributed by atoms with van der Waals surface area (Å²) in [6, 6.07) is 4.69. The zero-order chi connectivity index (χ0) is 14.9. The monoisotopic (exact) mass is 298 g/mol. The largest absolute Gasteiger partial charge is 0.383 e. The molecule has 0 radical (unpaired) electrons. The highest BCUT2D eigenvalue weighted by Gasteiger charge is 2.24. The number of benzene rings is 1. The first-order chi connectivity index (χ1) is 9.45. The van der Waals surface area contributed by atoms with Crippen LogP contribution in [0.15, 0.2) is 18.2 Å². The molecule has 2 aromatic rings. The van der Waals surface area contributed by atoms with Crippen LogP contribution in [0, 0.1) is 11.7 Å². The molecule has 0 saturated carbocycles. The first-order valence-electron chi connectivity index (χ1n) is 6.76. The molecular formula is C15H20ClFN2O. The van der Waals surface area contributed by atoms with Gasteiger partial charge in [0.1, 0.15) is 11.6 Å². The number of ether oxygens (including phenoxy) is 1. The fraction of sp³-hybridized carbons (Fsp3) is 0.533. The molecule has 1 aromatic carbocycles. The average Bonchev–Trinajstić information content (AvgIpc) is 2.74. The Morgan fingerprint density at radius 3 is 2.60 bits per heavy atom. The number of methoxy groups -OCH3 is 1.